The van der Waals surface area contributed by atoms with Crippen molar-refractivity contribution >= 4 is 34.1 Å². The number of rotatable bonds is 7. The van der Waals surface area contributed by atoms with E-state index in [1.165, 1.54) is 24.3 Å². The third-order valence-electron chi connectivity index (χ3n) is 4.20. The fourth-order valence-electron chi connectivity index (χ4n) is 2.75. The van der Waals surface area contributed by atoms with Crippen LogP contribution in [0.1, 0.15) is 20.9 Å². The van der Waals surface area contributed by atoms with Crippen LogP contribution in [0.25, 0.3) is 0 Å². The van der Waals surface area contributed by atoms with Gasteiger partial charge in [-0.15, -0.1) is 0 Å². The summed E-state index contributed by atoms with van der Waals surface area (Å²) in [5.41, 5.74) is 1.96. The highest BCUT2D eigenvalue weighted by Gasteiger charge is 2.16. The van der Waals surface area contributed by atoms with Crippen LogP contribution in [0.5, 0.6) is 5.75 Å². The van der Waals surface area contributed by atoms with Gasteiger partial charge in [0.05, 0.1) is 12.8 Å². The Kier molecular flexibility index (Phi) is 6.97. The molecule has 2 aromatic carbocycles. The monoisotopic (exact) mass is 428 g/mol. The number of carbonyl (C=O) groups excluding carboxylic acids is 2. The van der Waals surface area contributed by atoms with Gasteiger partial charge in [0.25, 0.3) is 5.91 Å². The van der Waals surface area contributed by atoms with Crippen molar-refractivity contribution in [3.05, 3.63) is 70.5 Å². The van der Waals surface area contributed by atoms with E-state index >= 15 is 0 Å². The largest absolute Gasteiger partial charge is 0.496 e. The molecule has 0 aliphatic rings. The Hall–Kier alpha value is -3.46. The number of aryl methyl sites for hydroxylation is 1. The molecule has 0 saturated heterocycles. The molecule has 3 amide bonds. The van der Waals surface area contributed by atoms with Crippen LogP contribution in [0, 0.1) is 12.7 Å². The van der Waals surface area contributed by atoms with Gasteiger partial charge in [-0.3, -0.25) is 10.1 Å². The number of carbonyl (C=O) groups is 2. The summed E-state index contributed by atoms with van der Waals surface area (Å²) in [6, 6.07) is 12.5. The number of amides is 3. The van der Waals surface area contributed by atoms with E-state index in [4.69, 9.17) is 4.74 Å². The van der Waals surface area contributed by atoms with E-state index in [1.807, 2.05) is 24.3 Å². The van der Waals surface area contributed by atoms with E-state index in [0.717, 1.165) is 22.6 Å². The summed E-state index contributed by atoms with van der Waals surface area (Å²) in [5, 5.41) is 8.32. The van der Waals surface area contributed by atoms with Gasteiger partial charge < -0.3 is 15.4 Å². The number of urea groups is 1. The number of nitrogens with one attached hydrogen (secondary N) is 3. The molecule has 0 radical (unpaired) electrons. The maximum Gasteiger partial charge on any atom is 0.325 e. The standard InChI is InChI=1S/C21H21FN4O3S/c1-13-18(19(27)23-12-11-14-5-3-4-6-17(14)29-2)30-21(24-13)26-20(28)25-16-9-7-15(22)8-10-16/h3-10H,11-12H2,1-2H3,(H,23,27)(H2,24,25,26,28). The number of ether oxygens (including phenoxy) is 1. The van der Waals surface area contributed by atoms with Gasteiger partial charge in [-0.1, -0.05) is 29.5 Å². The molecule has 3 N–H and O–H groups in total. The summed E-state index contributed by atoms with van der Waals surface area (Å²) in [6.45, 7) is 2.14. The van der Waals surface area contributed by atoms with E-state index in [0.29, 0.717) is 34.4 Å². The number of benzene rings is 2. The molecule has 0 aliphatic carbocycles. The molecule has 3 rings (SSSR count). The van der Waals surface area contributed by atoms with Crippen molar-refractivity contribution in [2.75, 3.05) is 24.3 Å². The summed E-state index contributed by atoms with van der Waals surface area (Å²) >= 11 is 1.08. The molecule has 0 fully saturated rings. The van der Waals surface area contributed by atoms with Crippen LogP contribution >= 0.6 is 11.3 Å². The summed E-state index contributed by atoms with van der Waals surface area (Å²) in [4.78, 5) is 29.2. The number of hydrogen-bond acceptors (Lipinski definition) is 5. The number of methoxy groups -OCH3 is 1. The number of para-hydroxylation sites is 1. The Morgan fingerprint density at radius 3 is 2.57 bits per heavy atom. The van der Waals surface area contributed by atoms with Gasteiger partial charge in [0, 0.05) is 12.2 Å². The lowest BCUT2D eigenvalue weighted by atomic mass is 10.1. The molecule has 0 aliphatic heterocycles. The Morgan fingerprint density at radius 2 is 1.83 bits per heavy atom. The molecule has 156 valence electrons. The number of nitrogens with zero attached hydrogens (tertiary/aromatic N) is 1. The summed E-state index contributed by atoms with van der Waals surface area (Å²) in [7, 11) is 1.61. The summed E-state index contributed by atoms with van der Waals surface area (Å²) in [6.07, 6.45) is 0.624. The zero-order valence-corrected chi connectivity index (χ0v) is 17.3. The van der Waals surface area contributed by atoms with Crippen LogP contribution in [0.2, 0.25) is 0 Å². The van der Waals surface area contributed by atoms with Gasteiger partial charge in [0.2, 0.25) is 0 Å². The number of hydrogen-bond donors (Lipinski definition) is 3. The maximum atomic E-state index is 12.9. The van der Waals surface area contributed by atoms with Crippen LogP contribution in [-0.2, 0) is 6.42 Å². The molecule has 0 spiro atoms. The predicted molar refractivity (Wildman–Crippen MR) is 115 cm³/mol. The van der Waals surface area contributed by atoms with Gasteiger partial charge in [0.15, 0.2) is 5.13 Å². The van der Waals surface area contributed by atoms with Crippen molar-refractivity contribution in [2.24, 2.45) is 0 Å². The van der Waals surface area contributed by atoms with Crippen molar-refractivity contribution < 1.29 is 18.7 Å². The zero-order valence-electron chi connectivity index (χ0n) is 16.5. The fraction of sp³-hybridized carbons (Fsp3) is 0.190. The minimum atomic E-state index is -0.529. The Labute approximate surface area is 177 Å². The first kappa shape index (κ1) is 21.3. The van der Waals surface area contributed by atoms with Gasteiger partial charge >= 0.3 is 6.03 Å². The molecule has 0 atom stereocenters. The lowest BCUT2D eigenvalue weighted by Crippen LogP contribution is -2.25. The van der Waals surface area contributed by atoms with Crippen LogP contribution in [-0.4, -0.2) is 30.6 Å². The number of aromatic nitrogens is 1. The summed E-state index contributed by atoms with van der Waals surface area (Å²) < 4.78 is 18.2. The second kappa shape index (κ2) is 9.84. The minimum absolute atomic E-state index is 0.258. The van der Waals surface area contributed by atoms with Crippen LogP contribution in [0.4, 0.5) is 20.0 Å². The molecule has 0 saturated carbocycles. The van der Waals surface area contributed by atoms with Gasteiger partial charge in [-0.05, 0) is 49.2 Å². The maximum absolute atomic E-state index is 12.9. The zero-order chi connectivity index (χ0) is 21.5. The van der Waals surface area contributed by atoms with E-state index in [9.17, 15) is 14.0 Å². The average molecular weight is 428 g/mol. The van der Waals surface area contributed by atoms with Crippen molar-refractivity contribution in [1.82, 2.24) is 10.3 Å². The average Bonchev–Trinajstić information content (AvgIpc) is 3.10. The lowest BCUT2D eigenvalue weighted by Gasteiger charge is -2.08. The number of anilines is 2. The van der Waals surface area contributed by atoms with Gasteiger partial charge in [-0.2, -0.15) is 0 Å². The minimum Gasteiger partial charge on any atom is -0.496 e. The highest BCUT2D eigenvalue weighted by molar-refractivity contribution is 7.17. The van der Waals surface area contributed by atoms with Gasteiger partial charge in [-0.25, -0.2) is 14.2 Å². The van der Waals surface area contributed by atoms with E-state index in [1.54, 1.807) is 14.0 Å². The first-order valence-electron chi connectivity index (χ1n) is 9.17. The fourth-order valence-corrected chi connectivity index (χ4v) is 3.63. The number of halogens is 1. The smallest absolute Gasteiger partial charge is 0.325 e. The molecular formula is C21H21FN4O3S. The highest BCUT2D eigenvalue weighted by Crippen LogP contribution is 2.23. The van der Waals surface area contributed by atoms with Crippen molar-refractivity contribution in [3.8, 4) is 5.75 Å². The topological polar surface area (TPSA) is 92.4 Å². The molecule has 30 heavy (non-hydrogen) atoms. The number of thiazole rings is 1. The lowest BCUT2D eigenvalue weighted by molar-refractivity contribution is 0.0957. The SMILES string of the molecule is COc1ccccc1CCNC(=O)c1sc(NC(=O)Nc2ccc(F)cc2)nc1C. The Balaban J connectivity index is 1.54. The highest BCUT2D eigenvalue weighted by atomic mass is 32.1. The van der Waals surface area contributed by atoms with Crippen LogP contribution in [0.3, 0.4) is 0 Å². The molecule has 1 heterocycles. The molecular weight excluding hydrogens is 407 g/mol. The van der Waals surface area contributed by atoms with Crippen molar-refractivity contribution in [1.29, 1.82) is 0 Å². The van der Waals surface area contributed by atoms with Crippen LogP contribution in [0.15, 0.2) is 48.5 Å². The Bertz CT molecular complexity index is 1040. The Morgan fingerprint density at radius 1 is 1.10 bits per heavy atom. The molecule has 3 aromatic rings. The van der Waals surface area contributed by atoms with E-state index in [-0.39, 0.29) is 5.91 Å². The molecule has 1 aromatic heterocycles. The normalized spacial score (nSPS) is 10.4. The van der Waals surface area contributed by atoms with E-state index < -0.39 is 11.8 Å². The molecule has 0 unspecified atom stereocenters. The first-order chi connectivity index (χ1) is 14.5. The summed E-state index contributed by atoms with van der Waals surface area (Å²) in [5.74, 6) is 0.129. The molecule has 0 bridgehead atoms. The molecule has 9 heteroatoms. The quantitative estimate of drug-likeness (QED) is 0.525. The second-order valence-electron chi connectivity index (χ2n) is 6.34. The second-order valence-corrected chi connectivity index (χ2v) is 7.34. The van der Waals surface area contributed by atoms with Crippen molar-refractivity contribution in [3.63, 3.8) is 0 Å². The molecule has 7 nitrogen and oxygen atoms in total. The van der Waals surface area contributed by atoms with Gasteiger partial charge in [0.1, 0.15) is 16.4 Å². The van der Waals surface area contributed by atoms with Crippen molar-refractivity contribution in [2.45, 2.75) is 13.3 Å². The first-order valence-corrected chi connectivity index (χ1v) is 9.99. The van der Waals surface area contributed by atoms with Crippen LogP contribution < -0.4 is 20.7 Å². The predicted octanol–water partition coefficient (Wildman–Crippen LogP) is 4.22. The third-order valence-corrected chi connectivity index (χ3v) is 5.27. The third kappa shape index (κ3) is 5.54. The van der Waals surface area contributed by atoms with E-state index in [2.05, 4.69) is 20.9 Å².